The van der Waals surface area contributed by atoms with E-state index in [9.17, 15) is 23.1 Å². The summed E-state index contributed by atoms with van der Waals surface area (Å²) in [6.07, 6.45) is -3.40. The van der Waals surface area contributed by atoms with Crippen LogP contribution in [0.5, 0.6) is 0 Å². The molecule has 1 saturated carbocycles. The van der Waals surface area contributed by atoms with Crippen molar-refractivity contribution in [3.8, 4) is 0 Å². The Morgan fingerprint density at radius 3 is 2.43 bits per heavy atom. The summed E-state index contributed by atoms with van der Waals surface area (Å²) >= 11 is 0. The maximum atomic E-state index is 12.5. The minimum Gasteiger partial charge on any atom is -0.391 e. The molecule has 1 heterocycles. The summed E-state index contributed by atoms with van der Waals surface area (Å²) in [6.45, 7) is -0.0490. The number of hydrogen-bond donors (Lipinski definition) is 1. The lowest BCUT2D eigenvalue weighted by Crippen LogP contribution is -2.30. The van der Waals surface area contributed by atoms with Gasteiger partial charge in [0.15, 0.2) is 0 Å². The van der Waals surface area contributed by atoms with Crippen molar-refractivity contribution in [3.63, 3.8) is 0 Å². The number of benzene rings is 1. The normalized spacial score (nSPS) is 16.5. The number of rotatable bonds is 5. The van der Waals surface area contributed by atoms with E-state index in [-0.39, 0.29) is 24.7 Å². The van der Waals surface area contributed by atoms with Gasteiger partial charge in [-0.05, 0) is 41.0 Å². The average molecular weight is 328 g/mol. The van der Waals surface area contributed by atoms with Crippen molar-refractivity contribution in [3.05, 3.63) is 45.9 Å². The zero-order chi connectivity index (χ0) is 16.6. The lowest BCUT2D eigenvalue weighted by Gasteiger charge is -2.11. The van der Waals surface area contributed by atoms with E-state index in [4.69, 9.17) is 0 Å². The summed E-state index contributed by atoms with van der Waals surface area (Å²) in [5.41, 5.74) is -0.563. The Bertz CT molecular complexity index is 732. The standard InChI is InChI=1S/C14H15F3N4O2/c15-14(16,17)10-3-1-9(2-4-10)7-12(22)8-20-13(23)21(19-18-20)11-5-6-11/h1-4,11-12,22H,5-8H2. The Balaban J connectivity index is 1.63. The van der Waals surface area contributed by atoms with Gasteiger partial charge in [0.1, 0.15) is 0 Å². The van der Waals surface area contributed by atoms with E-state index in [2.05, 4.69) is 10.4 Å². The third-order valence-corrected chi connectivity index (χ3v) is 3.69. The van der Waals surface area contributed by atoms with Gasteiger partial charge in [0, 0.05) is 6.42 Å². The first kappa shape index (κ1) is 15.7. The molecule has 1 aliphatic carbocycles. The average Bonchev–Trinajstić information content (AvgIpc) is 3.25. The van der Waals surface area contributed by atoms with Gasteiger partial charge < -0.3 is 5.11 Å². The molecule has 3 rings (SSSR count). The van der Waals surface area contributed by atoms with Gasteiger partial charge in [-0.3, -0.25) is 0 Å². The van der Waals surface area contributed by atoms with Crippen molar-refractivity contribution in [2.45, 2.75) is 44.1 Å². The molecule has 9 heteroatoms. The van der Waals surface area contributed by atoms with Crippen LogP contribution >= 0.6 is 0 Å². The van der Waals surface area contributed by atoms with E-state index < -0.39 is 17.8 Å². The van der Waals surface area contributed by atoms with Crippen LogP contribution in [-0.2, 0) is 19.1 Å². The van der Waals surface area contributed by atoms with Crippen molar-refractivity contribution in [1.29, 1.82) is 0 Å². The molecule has 1 aromatic heterocycles. The highest BCUT2D eigenvalue weighted by molar-refractivity contribution is 5.25. The SMILES string of the molecule is O=c1n(CC(O)Cc2ccc(C(F)(F)F)cc2)nnn1C1CC1. The number of hydrogen-bond acceptors (Lipinski definition) is 4. The molecule has 6 nitrogen and oxygen atoms in total. The van der Waals surface area contributed by atoms with Gasteiger partial charge in [-0.1, -0.05) is 12.1 Å². The fourth-order valence-corrected chi connectivity index (χ4v) is 2.32. The lowest BCUT2D eigenvalue weighted by molar-refractivity contribution is -0.137. The van der Waals surface area contributed by atoms with Crippen LogP contribution < -0.4 is 5.69 Å². The van der Waals surface area contributed by atoms with Gasteiger partial charge in [0.2, 0.25) is 0 Å². The predicted octanol–water partition coefficient (Wildman–Crippen LogP) is 1.40. The first-order valence-electron chi connectivity index (χ1n) is 7.21. The van der Waals surface area contributed by atoms with Gasteiger partial charge in [0.05, 0.1) is 24.3 Å². The number of alkyl halides is 3. The van der Waals surface area contributed by atoms with Crippen LogP contribution in [0, 0.1) is 0 Å². The third kappa shape index (κ3) is 3.61. The Kier molecular flexibility index (Phi) is 3.97. The summed E-state index contributed by atoms with van der Waals surface area (Å²) in [4.78, 5) is 12.0. The zero-order valence-corrected chi connectivity index (χ0v) is 12.1. The molecule has 124 valence electrons. The molecule has 1 unspecified atom stereocenters. The van der Waals surface area contributed by atoms with E-state index >= 15 is 0 Å². The van der Waals surface area contributed by atoms with Crippen molar-refractivity contribution >= 4 is 0 Å². The summed E-state index contributed by atoms with van der Waals surface area (Å²) in [5.74, 6) is 0. The van der Waals surface area contributed by atoms with Crippen molar-refractivity contribution in [1.82, 2.24) is 19.8 Å². The fourth-order valence-electron chi connectivity index (χ4n) is 2.32. The van der Waals surface area contributed by atoms with Crippen LogP contribution in [0.1, 0.15) is 30.0 Å². The number of aliphatic hydroxyl groups is 1. The van der Waals surface area contributed by atoms with Crippen LogP contribution in [-0.4, -0.2) is 31.0 Å². The third-order valence-electron chi connectivity index (χ3n) is 3.69. The second kappa shape index (κ2) is 5.80. The smallest absolute Gasteiger partial charge is 0.391 e. The Morgan fingerprint density at radius 2 is 1.87 bits per heavy atom. The molecular formula is C14H15F3N4O2. The van der Waals surface area contributed by atoms with Gasteiger partial charge in [-0.25, -0.2) is 4.79 Å². The highest BCUT2D eigenvalue weighted by Gasteiger charge is 2.30. The van der Waals surface area contributed by atoms with Gasteiger partial charge in [-0.15, -0.1) is 0 Å². The summed E-state index contributed by atoms with van der Waals surface area (Å²) < 4.78 is 39.8. The monoisotopic (exact) mass is 328 g/mol. The van der Waals surface area contributed by atoms with Crippen LogP contribution in [0.4, 0.5) is 13.2 Å². The van der Waals surface area contributed by atoms with Crippen LogP contribution in [0.15, 0.2) is 29.1 Å². The quantitative estimate of drug-likeness (QED) is 0.900. The van der Waals surface area contributed by atoms with Gasteiger partial charge in [0.25, 0.3) is 0 Å². The summed E-state index contributed by atoms with van der Waals surface area (Å²) in [7, 11) is 0. The summed E-state index contributed by atoms with van der Waals surface area (Å²) in [6, 6.07) is 4.67. The lowest BCUT2D eigenvalue weighted by atomic mass is 10.1. The maximum Gasteiger partial charge on any atom is 0.416 e. The summed E-state index contributed by atoms with van der Waals surface area (Å²) in [5, 5.41) is 17.5. The molecule has 0 radical (unpaired) electrons. The molecule has 23 heavy (non-hydrogen) atoms. The van der Waals surface area contributed by atoms with Gasteiger partial charge in [-0.2, -0.15) is 22.5 Å². The minimum absolute atomic E-state index is 0.0490. The van der Waals surface area contributed by atoms with Crippen LogP contribution in [0.2, 0.25) is 0 Å². The second-order valence-corrected chi connectivity index (χ2v) is 5.67. The topological polar surface area (TPSA) is 72.9 Å². The number of nitrogens with zero attached hydrogens (tertiary/aromatic N) is 4. The van der Waals surface area contributed by atoms with Gasteiger partial charge >= 0.3 is 11.9 Å². The molecule has 0 amide bonds. The molecule has 1 aliphatic rings. The van der Waals surface area contributed by atoms with Crippen molar-refractivity contribution < 1.29 is 18.3 Å². The molecule has 0 aliphatic heterocycles. The Hall–Kier alpha value is -2.16. The number of halogens is 3. The van der Waals surface area contributed by atoms with E-state index in [0.717, 1.165) is 29.7 Å². The largest absolute Gasteiger partial charge is 0.416 e. The fraction of sp³-hybridized carbons (Fsp3) is 0.500. The molecule has 1 atom stereocenters. The molecule has 1 fully saturated rings. The molecule has 1 N–H and O–H groups in total. The first-order chi connectivity index (χ1) is 10.8. The number of tetrazole rings is 1. The first-order valence-corrected chi connectivity index (χ1v) is 7.21. The van der Waals surface area contributed by atoms with Crippen molar-refractivity contribution in [2.75, 3.05) is 0 Å². The molecule has 2 aromatic rings. The molecular weight excluding hydrogens is 313 g/mol. The molecule has 1 aromatic carbocycles. The molecule has 0 bridgehead atoms. The van der Waals surface area contributed by atoms with E-state index in [0.29, 0.717) is 5.56 Å². The Labute approximate surface area is 129 Å². The van der Waals surface area contributed by atoms with Crippen molar-refractivity contribution in [2.24, 2.45) is 0 Å². The number of aromatic nitrogens is 4. The van der Waals surface area contributed by atoms with Crippen LogP contribution in [0.3, 0.4) is 0 Å². The van der Waals surface area contributed by atoms with E-state index in [1.807, 2.05) is 0 Å². The zero-order valence-electron chi connectivity index (χ0n) is 12.1. The minimum atomic E-state index is -4.38. The van der Waals surface area contributed by atoms with E-state index in [1.165, 1.54) is 16.8 Å². The van der Waals surface area contributed by atoms with Crippen LogP contribution in [0.25, 0.3) is 0 Å². The molecule has 0 saturated heterocycles. The Morgan fingerprint density at radius 1 is 1.22 bits per heavy atom. The highest BCUT2D eigenvalue weighted by Crippen LogP contribution is 2.32. The highest BCUT2D eigenvalue weighted by atomic mass is 19.4. The van der Waals surface area contributed by atoms with E-state index in [1.54, 1.807) is 0 Å². The second-order valence-electron chi connectivity index (χ2n) is 5.67. The molecule has 0 spiro atoms. The predicted molar refractivity (Wildman–Crippen MR) is 73.7 cm³/mol. The number of aliphatic hydroxyl groups excluding tert-OH is 1. The maximum absolute atomic E-state index is 12.5.